The third-order valence-corrected chi connectivity index (χ3v) is 5.06. The van der Waals surface area contributed by atoms with Crippen molar-refractivity contribution in [2.24, 2.45) is 5.92 Å². The van der Waals surface area contributed by atoms with Crippen molar-refractivity contribution < 1.29 is 32.6 Å². The number of hydrogen-bond acceptors (Lipinski definition) is 5. The second kappa shape index (κ2) is 7.80. The summed E-state index contributed by atoms with van der Waals surface area (Å²) in [5, 5.41) is 0. The van der Waals surface area contributed by atoms with E-state index in [-0.39, 0.29) is 17.3 Å². The lowest BCUT2D eigenvalue weighted by atomic mass is 9.81. The first-order chi connectivity index (χ1) is 12.4. The lowest BCUT2D eigenvalue weighted by Crippen LogP contribution is -2.40. The number of hydrogen-bond donors (Lipinski definition) is 0. The Kier molecular flexibility index (Phi) is 5.67. The fourth-order valence-electron chi connectivity index (χ4n) is 3.60. The number of ketones is 1. The van der Waals surface area contributed by atoms with Crippen LogP contribution in [-0.2, 0) is 30.2 Å². The molecule has 142 valence electrons. The van der Waals surface area contributed by atoms with E-state index in [1.54, 1.807) is 0 Å². The normalized spacial score (nSPS) is 20.9. The Labute approximate surface area is 150 Å². The van der Waals surface area contributed by atoms with Crippen molar-refractivity contribution in [3.8, 4) is 0 Å². The van der Waals surface area contributed by atoms with E-state index in [0.29, 0.717) is 38.9 Å². The molecule has 0 N–H and O–H groups in total. The molecule has 7 heteroatoms. The van der Waals surface area contributed by atoms with Gasteiger partial charge in [-0.05, 0) is 31.9 Å². The first-order valence-corrected chi connectivity index (χ1v) is 8.84. The zero-order valence-corrected chi connectivity index (χ0v) is 14.6. The van der Waals surface area contributed by atoms with Gasteiger partial charge in [-0.25, -0.2) is 8.78 Å². The third-order valence-electron chi connectivity index (χ3n) is 5.06. The molecule has 1 aliphatic heterocycles. The Morgan fingerprint density at radius 3 is 2.35 bits per heavy atom. The van der Waals surface area contributed by atoms with Crippen LogP contribution >= 0.6 is 0 Å². The van der Waals surface area contributed by atoms with Crippen molar-refractivity contribution >= 4 is 11.8 Å². The highest BCUT2D eigenvalue weighted by atomic mass is 19.1. The second-order valence-corrected chi connectivity index (χ2v) is 6.79. The van der Waals surface area contributed by atoms with Gasteiger partial charge in [-0.15, -0.1) is 0 Å². The van der Waals surface area contributed by atoms with Gasteiger partial charge in [0.25, 0.3) is 0 Å². The van der Waals surface area contributed by atoms with E-state index in [1.807, 2.05) is 0 Å². The molecule has 1 atom stereocenters. The van der Waals surface area contributed by atoms with Gasteiger partial charge in [-0.2, -0.15) is 0 Å². The molecule has 0 aromatic heterocycles. The number of ether oxygens (including phenoxy) is 3. The lowest BCUT2D eigenvalue weighted by molar-refractivity contribution is -0.185. The Balaban J connectivity index is 1.52. The molecule has 1 saturated carbocycles. The number of carbonyl (C=O) groups is 2. The van der Waals surface area contributed by atoms with Gasteiger partial charge >= 0.3 is 5.97 Å². The fourth-order valence-corrected chi connectivity index (χ4v) is 3.60. The molecule has 1 aliphatic carbocycles. The van der Waals surface area contributed by atoms with E-state index in [0.717, 1.165) is 12.1 Å². The molecule has 1 aromatic rings. The number of benzene rings is 1. The molecule has 1 heterocycles. The summed E-state index contributed by atoms with van der Waals surface area (Å²) in [5.41, 5.74) is -0.354. The maximum atomic E-state index is 13.6. The van der Waals surface area contributed by atoms with Crippen LogP contribution in [0.25, 0.3) is 0 Å². The van der Waals surface area contributed by atoms with Crippen LogP contribution in [0, 0.1) is 17.6 Å². The average Bonchev–Trinajstić information content (AvgIpc) is 3.06. The smallest absolute Gasteiger partial charge is 0.311 e. The van der Waals surface area contributed by atoms with Crippen LogP contribution in [0.4, 0.5) is 8.78 Å². The van der Waals surface area contributed by atoms with Crippen LogP contribution in [0.5, 0.6) is 0 Å². The largest absolute Gasteiger partial charge is 0.454 e. The SMILES string of the molecule is CC(OC(=O)Cc1c(F)cccc1F)C(=O)C1CCC2(CC1)OCCO2. The first kappa shape index (κ1) is 18.9. The highest BCUT2D eigenvalue weighted by Gasteiger charge is 2.42. The summed E-state index contributed by atoms with van der Waals surface area (Å²) in [6, 6.07) is 3.37. The maximum absolute atomic E-state index is 13.6. The summed E-state index contributed by atoms with van der Waals surface area (Å²) in [4.78, 5) is 24.5. The summed E-state index contributed by atoms with van der Waals surface area (Å²) in [6.07, 6.45) is 0.952. The zero-order chi connectivity index (χ0) is 18.7. The number of rotatable bonds is 5. The predicted octanol–water partition coefficient (Wildman–Crippen LogP) is 2.94. The van der Waals surface area contributed by atoms with Gasteiger partial charge in [0.05, 0.1) is 19.6 Å². The molecule has 3 rings (SSSR count). The van der Waals surface area contributed by atoms with Crippen molar-refractivity contribution in [2.45, 2.75) is 50.9 Å². The van der Waals surface area contributed by atoms with Crippen LogP contribution in [0.3, 0.4) is 0 Å². The van der Waals surface area contributed by atoms with Crippen LogP contribution in [0.1, 0.15) is 38.2 Å². The molecule has 1 aromatic carbocycles. The standard InChI is InChI=1S/C19H22F2O5/c1-12(26-17(22)11-14-15(20)3-2-4-16(14)21)18(23)13-5-7-19(8-6-13)24-9-10-25-19/h2-4,12-13H,5-11H2,1H3. The molecule has 1 unspecified atom stereocenters. The van der Waals surface area contributed by atoms with Gasteiger partial charge in [0.2, 0.25) is 0 Å². The molecule has 2 aliphatic rings. The van der Waals surface area contributed by atoms with E-state index in [9.17, 15) is 18.4 Å². The van der Waals surface area contributed by atoms with Gasteiger partial charge in [0.15, 0.2) is 17.7 Å². The molecule has 1 spiro atoms. The van der Waals surface area contributed by atoms with Crippen LogP contribution in [-0.4, -0.2) is 36.9 Å². The molecule has 0 radical (unpaired) electrons. The van der Waals surface area contributed by atoms with E-state index < -0.39 is 35.9 Å². The molecular formula is C19H22F2O5. The molecule has 5 nitrogen and oxygen atoms in total. The quantitative estimate of drug-likeness (QED) is 0.748. The van der Waals surface area contributed by atoms with E-state index in [1.165, 1.54) is 13.0 Å². The van der Waals surface area contributed by atoms with Gasteiger partial charge in [-0.1, -0.05) is 6.07 Å². The van der Waals surface area contributed by atoms with Gasteiger partial charge in [0, 0.05) is 24.3 Å². The van der Waals surface area contributed by atoms with Gasteiger partial charge in [-0.3, -0.25) is 9.59 Å². The Bertz CT molecular complexity index is 654. The first-order valence-electron chi connectivity index (χ1n) is 8.84. The van der Waals surface area contributed by atoms with Crippen molar-refractivity contribution in [1.29, 1.82) is 0 Å². The van der Waals surface area contributed by atoms with Crippen LogP contribution < -0.4 is 0 Å². The minimum Gasteiger partial charge on any atom is -0.454 e. The summed E-state index contributed by atoms with van der Waals surface area (Å²) in [7, 11) is 0. The molecular weight excluding hydrogens is 346 g/mol. The third kappa shape index (κ3) is 4.10. The predicted molar refractivity (Wildman–Crippen MR) is 87.2 cm³/mol. The molecule has 2 fully saturated rings. The fraction of sp³-hybridized carbons (Fsp3) is 0.579. The molecule has 1 saturated heterocycles. The van der Waals surface area contributed by atoms with Crippen molar-refractivity contribution in [1.82, 2.24) is 0 Å². The van der Waals surface area contributed by atoms with Crippen molar-refractivity contribution in [3.63, 3.8) is 0 Å². The second-order valence-electron chi connectivity index (χ2n) is 6.79. The number of carbonyl (C=O) groups excluding carboxylic acids is 2. The van der Waals surface area contributed by atoms with Gasteiger partial charge < -0.3 is 14.2 Å². The van der Waals surface area contributed by atoms with E-state index >= 15 is 0 Å². The summed E-state index contributed by atoms with van der Waals surface area (Å²) >= 11 is 0. The number of Topliss-reactive ketones (excluding diaryl/α,β-unsaturated/α-hetero) is 1. The number of halogens is 2. The highest BCUT2D eigenvalue weighted by Crippen LogP contribution is 2.39. The summed E-state index contributed by atoms with van der Waals surface area (Å²) < 4.78 is 43.6. The minimum atomic E-state index is -0.957. The zero-order valence-electron chi connectivity index (χ0n) is 14.6. The van der Waals surface area contributed by atoms with Crippen LogP contribution in [0.15, 0.2) is 18.2 Å². The molecule has 26 heavy (non-hydrogen) atoms. The minimum absolute atomic E-state index is 0.180. The van der Waals surface area contributed by atoms with Crippen LogP contribution in [0.2, 0.25) is 0 Å². The summed E-state index contributed by atoms with van der Waals surface area (Å²) in [5.74, 6) is -3.42. The Hall–Kier alpha value is -1.86. The van der Waals surface area contributed by atoms with Crippen molar-refractivity contribution in [2.75, 3.05) is 13.2 Å². The summed E-state index contributed by atoms with van der Waals surface area (Å²) in [6.45, 7) is 2.63. The number of esters is 1. The van der Waals surface area contributed by atoms with E-state index in [4.69, 9.17) is 14.2 Å². The lowest BCUT2D eigenvalue weighted by Gasteiger charge is -2.35. The van der Waals surface area contributed by atoms with Crippen molar-refractivity contribution in [3.05, 3.63) is 35.4 Å². The average molecular weight is 368 g/mol. The van der Waals surface area contributed by atoms with Gasteiger partial charge in [0.1, 0.15) is 11.6 Å². The maximum Gasteiger partial charge on any atom is 0.311 e. The Morgan fingerprint density at radius 2 is 1.77 bits per heavy atom. The Morgan fingerprint density at radius 1 is 1.19 bits per heavy atom. The molecule has 0 bridgehead atoms. The molecule has 0 amide bonds. The topological polar surface area (TPSA) is 61.8 Å². The monoisotopic (exact) mass is 368 g/mol. The highest BCUT2D eigenvalue weighted by molar-refractivity contribution is 5.87. The van der Waals surface area contributed by atoms with E-state index in [2.05, 4.69) is 0 Å².